The van der Waals surface area contributed by atoms with Gasteiger partial charge in [-0.3, -0.25) is 0 Å². The number of ether oxygens (including phenoxy) is 4. The van der Waals surface area contributed by atoms with Crippen LogP contribution in [0, 0.1) is 0 Å². The van der Waals surface area contributed by atoms with Crippen LogP contribution in [0.25, 0.3) is 33.4 Å². The van der Waals surface area contributed by atoms with Gasteiger partial charge in [0, 0.05) is 12.1 Å². The third-order valence-corrected chi connectivity index (χ3v) is 10.1. The normalized spacial score (nSPS) is 14.4. The Labute approximate surface area is 403 Å². The molecule has 0 bridgehead atoms. The maximum absolute atomic E-state index is 14.3. The maximum atomic E-state index is 14.3. The van der Waals surface area contributed by atoms with E-state index in [0.29, 0.717) is 24.3 Å². The van der Waals surface area contributed by atoms with Crippen LogP contribution >= 0.6 is 0 Å². The number of benzene rings is 4. The van der Waals surface area contributed by atoms with Gasteiger partial charge < -0.3 is 18.9 Å². The lowest BCUT2D eigenvalue weighted by atomic mass is 9.97. The molecule has 4 aromatic carbocycles. The van der Waals surface area contributed by atoms with Crippen molar-refractivity contribution in [3.63, 3.8) is 0 Å². The lowest BCUT2D eigenvalue weighted by molar-refractivity contribution is -0.358. The zero-order valence-electron chi connectivity index (χ0n) is 36.0. The lowest BCUT2D eigenvalue weighted by Gasteiger charge is -2.32. The first-order chi connectivity index (χ1) is 34.1. The summed E-state index contributed by atoms with van der Waals surface area (Å²) in [5.74, 6) is -70.7. The Kier molecular flexibility index (Phi) is 17.1. The fourth-order valence-electron chi connectivity index (χ4n) is 5.76. The molecule has 0 spiro atoms. The van der Waals surface area contributed by atoms with Crippen molar-refractivity contribution in [1.29, 1.82) is 0 Å². The molecule has 0 fully saturated rings. The molecular weight excluding hydrogens is 1140 g/mol. The van der Waals surface area contributed by atoms with Crippen molar-refractivity contribution >= 4 is 0 Å². The molecule has 76 heavy (non-hydrogen) atoms. The average Bonchev–Trinajstić information content (AvgIpc) is 3.30. The fraction of sp³-hybridized carbons (Fsp3) is 0.429. The molecule has 0 aromatic heterocycles. The molecule has 34 heteroatoms. The third-order valence-electron chi connectivity index (χ3n) is 10.1. The molecule has 0 aliphatic rings. The number of hydrogen-bond acceptors (Lipinski definition) is 4. The van der Waals surface area contributed by atoms with Gasteiger partial charge in [-0.1, -0.05) is 48.5 Å². The Morgan fingerprint density at radius 1 is 0.263 bits per heavy atom. The molecule has 0 amide bonds. The van der Waals surface area contributed by atoms with Crippen LogP contribution in [0.4, 0.5) is 132 Å². The van der Waals surface area contributed by atoms with Gasteiger partial charge >= 0.3 is 84.4 Å². The highest BCUT2D eigenvalue weighted by atomic mass is 19.4. The molecule has 426 valence electrons. The van der Waals surface area contributed by atoms with Crippen molar-refractivity contribution in [3.05, 3.63) is 84.9 Å². The van der Waals surface area contributed by atoms with Crippen LogP contribution in [-0.4, -0.2) is 111 Å². The van der Waals surface area contributed by atoms with E-state index in [1.54, 1.807) is 0 Å². The summed E-state index contributed by atoms with van der Waals surface area (Å²) in [5, 5.41) is 0. The summed E-state index contributed by atoms with van der Waals surface area (Å²) in [4.78, 5) is 0. The Hall–Kier alpha value is -6.02. The van der Waals surface area contributed by atoms with E-state index in [0.717, 1.165) is 48.5 Å². The topological polar surface area (TPSA) is 36.9 Å². The highest BCUT2D eigenvalue weighted by molar-refractivity contribution is 5.75. The lowest BCUT2D eigenvalue weighted by Crippen LogP contribution is -2.59. The summed E-state index contributed by atoms with van der Waals surface area (Å²) < 4.78 is 420. The molecule has 0 atom stereocenters. The van der Waals surface area contributed by atoms with Gasteiger partial charge in [0.15, 0.2) is 26.4 Å². The second-order valence-corrected chi connectivity index (χ2v) is 15.7. The smallest absolute Gasteiger partial charge is 0.460 e. The minimum absolute atomic E-state index is 0.0320. The first-order valence-corrected chi connectivity index (χ1v) is 19.6. The number of hydrogen-bond donors (Lipinski definition) is 0. The van der Waals surface area contributed by atoms with E-state index in [-0.39, 0.29) is 34.4 Å². The zero-order chi connectivity index (χ0) is 58.5. The van der Waals surface area contributed by atoms with Crippen LogP contribution in [-0.2, 0) is 0 Å². The zero-order valence-corrected chi connectivity index (χ0v) is 36.0. The fourth-order valence-corrected chi connectivity index (χ4v) is 5.76. The molecule has 0 aliphatic heterocycles. The minimum atomic E-state index is -6.89. The molecule has 0 aliphatic carbocycles. The summed E-state index contributed by atoms with van der Waals surface area (Å²) in [5.41, 5.74) is -1.70. The van der Waals surface area contributed by atoms with E-state index in [1.807, 2.05) is 0 Å². The molecule has 4 rings (SSSR count). The van der Waals surface area contributed by atoms with Crippen LogP contribution < -0.4 is 18.9 Å². The number of alkyl halides is 30. The van der Waals surface area contributed by atoms with E-state index in [1.165, 1.54) is 0 Å². The first kappa shape index (κ1) is 62.5. The summed E-state index contributed by atoms with van der Waals surface area (Å²) in [6.45, 7) is -11.6. The van der Waals surface area contributed by atoms with Crippen LogP contribution in [0.1, 0.15) is 0 Å². The van der Waals surface area contributed by atoms with Crippen LogP contribution in [0.2, 0.25) is 0 Å². The van der Waals surface area contributed by atoms with Crippen molar-refractivity contribution in [2.45, 2.75) is 84.4 Å². The molecule has 0 unspecified atom stereocenters. The van der Waals surface area contributed by atoms with Crippen LogP contribution in [0.3, 0.4) is 0 Å². The van der Waals surface area contributed by atoms with Gasteiger partial charge in [-0.2, -0.15) is 114 Å². The molecule has 0 saturated heterocycles. The van der Waals surface area contributed by atoms with Crippen molar-refractivity contribution in [2.24, 2.45) is 0 Å². The molecule has 0 saturated carbocycles. The monoisotopic (exact) mass is 1160 g/mol. The second kappa shape index (κ2) is 20.7. The molecule has 0 radical (unpaired) electrons. The maximum Gasteiger partial charge on any atom is 0.460 e. The molecule has 4 aromatic rings. The summed E-state index contributed by atoms with van der Waals surface area (Å²) in [6.07, 6.45) is -24.6. The van der Waals surface area contributed by atoms with E-state index >= 15 is 0 Å². The van der Waals surface area contributed by atoms with E-state index in [9.17, 15) is 132 Å². The van der Waals surface area contributed by atoms with Gasteiger partial charge in [-0.15, -0.1) is 0 Å². The predicted molar refractivity (Wildman–Crippen MR) is 198 cm³/mol. The van der Waals surface area contributed by atoms with Gasteiger partial charge in [0.05, 0.1) is 0 Å². The average molecular weight is 1160 g/mol. The highest BCUT2D eigenvalue weighted by Crippen LogP contribution is 2.52. The Morgan fingerprint density at radius 3 is 0.632 bits per heavy atom. The Bertz CT molecular complexity index is 2480. The van der Waals surface area contributed by atoms with Gasteiger partial charge in [0.2, 0.25) is 0 Å². The van der Waals surface area contributed by atoms with Crippen molar-refractivity contribution in [2.75, 3.05) is 26.4 Å². The molecule has 4 nitrogen and oxygen atoms in total. The largest absolute Gasteiger partial charge is 0.487 e. The summed E-state index contributed by atoms with van der Waals surface area (Å²) in [7, 11) is 0. The number of rotatable bonds is 23. The van der Waals surface area contributed by atoms with E-state index in [2.05, 4.69) is 18.9 Å². The van der Waals surface area contributed by atoms with Crippen molar-refractivity contribution in [3.8, 4) is 56.4 Å². The van der Waals surface area contributed by atoms with Crippen molar-refractivity contribution in [1.82, 2.24) is 0 Å². The SMILES string of the molecule is FC(F)C(F)(F)C(F)(F)C(F)(F)COc1cc(OCC(F)(F)C(F)(F)C(F)(F)C(F)F)cc(-c2ccc(-c3ccc(-c4cc(OCC(F)(F)C(F)(F)C(F)(F)F)cc(OCC(F)(F)C(F)(F)C(F)(F)F)c4)cc3)cc2)c1. The molecule has 0 heterocycles. The summed E-state index contributed by atoms with van der Waals surface area (Å²) >= 11 is 0. The Morgan fingerprint density at radius 2 is 0.447 bits per heavy atom. The van der Waals surface area contributed by atoms with Crippen molar-refractivity contribution < 1.29 is 151 Å². The van der Waals surface area contributed by atoms with Gasteiger partial charge in [-0.25, -0.2) is 17.6 Å². The standard InChI is InChI=1S/C42H24F30O4/c43-29(44)35(55,56)37(59,60)31(47,48)15-73-25-9-23(10-26(13-25)74-16-32(49,50)38(61,62)36(57,58)30(45)46)21-5-1-19(2-6-21)20-3-7-22(8-4-20)24-11-27(75-17-33(51,52)39(63,64)41(67,68)69)14-28(12-24)76-18-34(53,54)40(65,66)42(70,71)72/h1-14,29-30H,15-18H2. The van der Waals surface area contributed by atoms with Crippen LogP contribution in [0.5, 0.6) is 23.0 Å². The van der Waals surface area contributed by atoms with Gasteiger partial charge in [0.1, 0.15) is 23.0 Å². The molecule has 0 N–H and O–H groups in total. The van der Waals surface area contributed by atoms with Gasteiger partial charge in [0.25, 0.3) is 0 Å². The first-order valence-electron chi connectivity index (χ1n) is 19.6. The minimum Gasteiger partial charge on any atom is -0.487 e. The second-order valence-electron chi connectivity index (χ2n) is 15.7. The number of halogens is 30. The third kappa shape index (κ3) is 12.2. The van der Waals surface area contributed by atoms with Crippen LogP contribution in [0.15, 0.2) is 84.9 Å². The highest BCUT2D eigenvalue weighted by Gasteiger charge is 2.77. The van der Waals surface area contributed by atoms with E-state index < -0.39 is 145 Å². The predicted octanol–water partition coefficient (Wildman–Crippen LogP) is 16.2. The quantitative estimate of drug-likeness (QED) is 0.0694. The Balaban J connectivity index is 1.72. The van der Waals surface area contributed by atoms with E-state index in [4.69, 9.17) is 0 Å². The molecular formula is C42H24F30O4. The van der Waals surface area contributed by atoms with Gasteiger partial charge in [-0.05, 0) is 57.6 Å². The summed E-state index contributed by atoms with van der Waals surface area (Å²) in [6, 6.07) is 10.4.